The third-order valence-corrected chi connectivity index (χ3v) is 9.92. The first-order valence-electron chi connectivity index (χ1n) is 14.0. The zero-order valence-corrected chi connectivity index (χ0v) is 28.4. The van der Waals surface area contributed by atoms with Crippen molar-refractivity contribution < 1.29 is 22.7 Å². The van der Waals surface area contributed by atoms with Gasteiger partial charge in [0.15, 0.2) is 0 Å². The van der Waals surface area contributed by atoms with Gasteiger partial charge in [-0.2, -0.15) is 0 Å². The van der Waals surface area contributed by atoms with Gasteiger partial charge in [0, 0.05) is 32.7 Å². The Morgan fingerprint density at radius 2 is 1.53 bits per heavy atom. The summed E-state index contributed by atoms with van der Waals surface area (Å²) in [4.78, 5) is 29.0. The van der Waals surface area contributed by atoms with Crippen LogP contribution in [-0.2, 0) is 26.2 Å². The molecule has 2 amide bonds. The van der Waals surface area contributed by atoms with Gasteiger partial charge in [-0.1, -0.05) is 59.0 Å². The maximum atomic E-state index is 14.2. The number of carbonyl (C=O) groups is 2. The molecule has 0 spiro atoms. The largest absolute Gasteiger partial charge is 0.494 e. The lowest BCUT2D eigenvalue weighted by Gasteiger charge is -2.34. The molecule has 0 aliphatic rings. The molecular formula is C31H36BrCl2N3O5S. The van der Waals surface area contributed by atoms with Crippen molar-refractivity contribution in [1.82, 2.24) is 10.2 Å². The molecule has 0 saturated carbocycles. The quantitative estimate of drug-likeness (QED) is 0.193. The topological polar surface area (TPSA) is 96.0 Å². The Bertz CT molecular complexity index is 1480. The Morgan fingerprint density at radius 3 is 2.07 bits per heavy atom. The molecule has 2 unspecified atom stereocenters. The van der Waals surface area contributed by atoms with Gasteiger partial charge >= 0.3 is 0 Å². The minimum Gasteiger partial charge on any atom is -0.494 e. The fourth-order valence-corrected chi connectivity index (χ4v) is 6.55. The van der Waals surface area contributed by atoms with Crippen molar-refractivity contribution >= 4 is 66.7 Å². The summed E-state index contributed by atoms with van der Waals surface area (Å²) in [7, 11) is -4.22. The van der Waals surface area contributed by atoms with Gasteiger partial charge in [-0.25, -0.2) is 8.42 Å². The Labute approximate surface area is 272 Å². The highest BCUT2D eigenvalue weighted by molar-refractivity contribution is 9.10. The number of anilines is 1. The standard InChI is InChI=1S/C31H36BrCl2N3O5S/c1-5-21(4)35-31(39)29(6-2)36(19-26-27(33)9-8-10-28(26)34)30(38)20-37(23-13-15-24(16-14-23)42-7-3)43(40,41)25-17-11-22(32)12-18-25/h8-18,21,29H,5-7,19-20H2,1-4H3,(H,35,39). The van der Waals surface area contributed by atoms with Crippen molar-refractivity contribution in [2.75, 3.05) is 17.5 Å². The normalized spacial score (nSPS) is 12.7. The van der Waals surface area contributed by atoms with Crippen LogP contribution in [-0.4, -0.2) is 50.4 Å². The summed E-state index contributed by atoms with van der Waals surface area (Å²) < 4.78 is 35.3. The predicted molar refractivity (Wildman–Crippen MR) is 175 cm³/mol. The van der Waals surface area contributed by atoms with Crippen LogP contribution < -0.4 is 14.4 Å². The third-order valence-electron chi connectivity index (χ3n) is 6.89. The zero-order valence-electron chi connectivity index (χ0n) is 24.5. The van der Waals surface area contributed by atoms with E-state index >= 15 is 0 Å². The molecule has 3 rings (SSSR count). The van der Waals surface area contributed by atoms with E-state index in [-0.39, 0.29) is 35.5 Å². The summed E-state index contributed by atoms with van der Waals surface area (Å²) in [6.07, 6.45) is 0.974. The highest BCUT2D eigenvalue weighted by Crippen LogP contribution is 2.30. The number of ether oxygens (including phenoxy) is 1. The average Bonchev–Trinajstić information content (AvgIpc) is 2.97. The molecular weight excluding hydrogens is 677 g/mol. The number of rotatable bonds is 14. The van der Waals surface area contributed by atoms with Crippen molar-refractivity contribution in [2.45, 2.75) is 64.1 Å². The lowest BCUT2D eigenvalue weighted by molar-refractivity contribution is -0.140. The molecule has 3 aromatic rings. The predicted octanol–water partition coefficient (Wildman–Crippen LogP) is 7.07. The van der Waals surface area contributed by atoms with Crippen LogP contribution in [0.25, 0.3) is 0 Å². The van der Waals surface area contributed by atoms with Crippen molar-refractivity contribution in [3.05, 3.63) is 86.8 Å². The fourth-order valence-electron chi connectivity index (χ4n) is 4.35. The van der Waals surface area contributed by atoms with Gasteiger partial charge in [0.1, 0.15) is 18.3 Å². The number of hydrogen-bond donors (Lipinski definition) is 1. The molecule has 0 aliphatic carbocycles. The van der Waals surface area contributed by atoms with Crippen molar-refractivity contribution in [2.24, 2.45) is 0 Å². The van der Waals surface area contributed by atoms with Crippen LogP contribution in [0.3, 0.4) is 0 Å². The molecule has 0 bridgehead atoms. The maximum Gasteiger partial charge on any atom is 0.264 e. The van der Waals surface area contributed by atoms with E-state index < -0.39 is 28.5 Å². The van der Waals surface area contributed by atoms with Crippen molar-refractivity contribution in [3.8, 4) is 5.75 Å². The van der Waals surface area contributed by atoms with Gasteiger partial charge in [0.2, 0.25) is 11.8 Å². The Balaban J connectivity index is 2.10. The summed E-state index contributed by atoms with van der Waals surface area (Å²) in [6.45, 7) is 7.22. The maximum absolute atomic E-state index is 14.2. The average molecular weight is 714 g/mol. The van der Waals surface area contributed by atoms with Crippen LogP contribution >= 0.6 is 39.1 Å². The van der Waals surface area contributed by atoms with E-state index in [1.165, 1.54) is 17.0 Å². The molecule has 0 aromatic heterocycles. The van der Waals surface area contributed by atoms with Gasteiger partial charge in [-0.05, 0) is 87.4 Å². The van der Waals surface area contributed by atoms with Crippen LogP contribution in [0.2, 0.25) is 10.0 Å². The summed E-state index contributed by atoms with van der Waals surface area (Å²) in [5.74, 6) is -0.394. The number of carbonyl (C=O) groups excluding carboxylic acids is 2. The molecule has 0 fully saturated rings. The highest BCUT2D eigenvalue weighted by Gasteiger charge is 2.34. The van der Waals surface area contributed by atoms with E-state index in [4.69, 9.17) is 27.9 Å². The third kappa shape index (κ3) is 8.88. The fraction of sp³-hybridized carbons (Fsp3) is 0.355. The van der Waals surface area contributed by atoms with Gasteiger partial charge < -0.3 is 15.0 Å². The Morgan fingerprint density at radius 1 is 0.930 bits per heavy atom. The number of nitrogens with zero attached hydrogens (tertiary/aromatic N) is 2. The van der Waals surface area contributed by atoms with Crippen molar-refractivity contribution in [1.29, 1.82) is 0 Å². The Hall–Kier alpha value is -2.79. The van der Waals surface area contributed by atoms with Crippen LogP contribution in [0.1, 0.15) is 46.1 Å². The van der Waals surface area contributed by atoms with E-state index in [2.05, 4.69) is 21.2 Å². The molecule has 0 radical (unpaired) electrons. The second-order valence-electron chi connectivity index (χ2n) is 9.86. The molecule has 0 heterocycles. The smallest absolute Gasteiger partial charge is 0.264 e. The number of amides is 2. The Kier molecular flexibility index (Phi) is 12.7. The molecule has 2 atom stereocenters. The molecule has 1 N–H and O–H groups in total. The highest BCUT2D eigenvalue weighted by atomic mass is 79.9. The minimum atomic E-state index is -4.22. The molecule has 8 nitrogen and oxygen atoms in total. The number of halogens is 3. The van der Waals surface area contributed by atoms with Crippen molar-refractivity contribution in [3.63, 3.8) is 0 Å². The van der Waals surface area contributed by atoms with Gasteiger partial charge in [-0.3, -0.25) is 13.9 Å². The number of hydrogen-bond acceptors (Lipinski definition) is 5. The van der Waals surface area contributed by atoms with E-state index in [0.717, 1.165) is 4.31 Å². The van der Waals surface area contributed by atoms with Crippen LogP contribution in [0.4, 0.5) is 5.69 Å². The monoisotopic (exact) mass is 711 g/mol. The van der Waals surface area contributed by atoms with E-state index in [1.54, 1.807) is 61.5 Å². The van der Waals surface area contributed by atoms with Crippen LogP contribution in [0, 0.1) is 0 Å². The van der Waals surface area contributed by atoms with Gasteiger partial charge in [0.25, 0.3) is 10.0 Å². The minimum absolute atomic E-state index is 0.000335. The summed E-state index contributed by atoms with van der Waals surface area (Å²) >= 11 is 16.3. The summed E-state index contributed by atoms with van der Waals surface area (Å²) in [6, 6.07) is 16.5. The summed E-state index contributed by atoms with van der Waals surface area (Å²) in [5, 5.41) is 3.60. The molecule has 12 heteroatoms. The zero-order chi connectivity index (χ0) is 31.7. The summed E-state index contributed by atoms with van der Waals surface area (Å²) in [5.41, 5.74) is 0.713. The molecule has 0 aliphatic heterocycles. The van der Waals surface area contributed by atoms with Gasteiger partial charge in [0.05, 0.1) is 17.2 Å². The number of nitrogens with one attached hydrogen (secondary N) is 1. The second kappa shape index (κ2) is 15.8. The van der Waals surface area contributed by atoms with Crippen LogP contribution in [0.5, 0.6) is 5.75 Å². The SMILES string of the molecule is CCOc1ccc(N(CC(=O)N(Cc2c(Cl)cccc2Cl)C(CC)C(=O)NC(C)CC)S(=O)(=O)c2ccc(Br)cc2)cc1. The van der Waals surface area contributed by atoms with Gasteiger partial charge in [-0.15, -0.1) is 0 Å². The molecule has 43 heavy (non-hydrogen) atoms. The van der Waals surface area contributed by atoms with Crippen LogP contribution in [0.15, 0.2) is 76.1 Å². The lowest BCUT2D eigenvalue weighted by atomic mass is 10.1. The van der Waals surface area contributed by atoms with E-state index in [9.17, 15) is 18.0 Å². The van der Waals surface area contributed by atoms with E-state index in [0.29, 0.717) is 38.9 Å². The first-order valence-corrected chi connectivity index (χ1v) is 17.0. The number of sulfonamides is 1. The first kappa shape index (κ1) is 34.7. The molecule has 232 valence electrons. The molecule has 3 aromatic carbocycles. The first-order chi connectivity index (χ1) is 20.4. The number of benzene rings is 3. The molecule has 0 saturated heterocycles. The van der Waals surface area contributed by atoms with E-state index in [1.807, 2.05) is 20.8 Å². The second-order valence-corrected chi connectivity index (χ2v) is 13.4. The lowest BCUT2D eigenvalue weighted by Crippen LogP contribution is -2.53.